The average Bonchev–Trinajstić information content (AvgIpc) is 2.67. The van der Waals surface area contributed by atoms with Crippen LogP contribution in [0.2, 0.25) is 0 Å². The summed E-state index contributed by atoms with van der Waals surface area (Å²) < 4.78 is 4.30. The Morgan fingerprint density at radius 3 is 2.29 bits per heavy atom. The molecule has 1 aliphatic heterocycles. The number of carbonyl (C=O) groups is 2. The van der Waals surface area contributed by atoms with Crippen LogP contribution < -0.4 is 5.73 Å². The third-order valence-corrected chi connectivity index (χ3v) is 2.19. The number of hydrogen-bond acceptors (Lipinski definition) is 5. The molecule has 0 aromatic carbocycles. The number of methoxy groups -OCH3 is 1. The number of hydrogen-bond donors (Lipinski definition) is 1. The van der Waals surface area contributed by atoms with E-state index >= 15 is 0 Å². The van der Waals surface area contributed by atoms with E-state index in [0.29, 0.717) is 0 Å². The molecular formula is C8H15ClN2O3. The molecule has 1 heterocycles. The molecule has 0 aliphatic carbocycles. The fraction of sp³-hybridized carbons (Fsp3) is 0.750. The van der Waals surface area contributed by atoms with Gasteiger partial charge < -0.3 is 10.5 Å². The van der Waals surface area contributed by atoms with Gasteiger partial charge in [0.25, 0.3) is 5.78 Å². The third-order valence-electron chi connectivity index (χ3n) is 2.19. The third kappa shape index (κ3) is 2.94. The SMILES string of the molecule is COC(=O)C(=O)[C@@H](N)N1CCCC1.Cl. The van der Waals surface area contributed by atoms with Crippen LogP contribution in [0.4, 0.5) is 0 Å². The Morgan fingerprint density at radius 2 is 1.86 bits per heavy atom. The van der Waals surface area contributed by atoms with Gasteiger partial charge >= 0.3 is 5.97 Å². The van der Waals surface area contributed by atoms with Crippen molar-refractivity contribution in [1.29, 1.82) is 0 Å². The predicted octanol–water partition coefficient (Wildman–Crippen LogP) is -0.469. The fourth-order valence-electron chi connectivity index (χ4n) is 1.41. The van der Waals surface area contributed by atoms with Crippen molar-refractivity contribution in [3.8, 4) is 0 Å². The number of ether oxygens (including phenoxy) is 1. The van der Waals surface area contributed by atoms with Crippen LogP contribution in [0, 0.1) is 0 Å². The van der Waals surface area contributed by atoms with Gasteiger partial charge in [-0.2, -0.15) is 0 Å². The van der Waals surface area contributed by atoms with Gasteiger partial charge in [-0.3, -0.25) is 9.69 Å². The summed E-state index contributed by atoms with van der Waals surface area (Å²) in [5, 5.41) is 0. The van der Waals surface area contributed by atoms with E-state index in [-0.39, 0.29) is 12.4 Å². The van der Waals surface area contributed by atoms with Crippen molar-refractivity contribution in [1.82, 2.24) is 4.90 Å². The van der Waals surface area contributed by atoms with Crippen LogP contribution in [0.15, 0.2) is 0 Å². The number of rotatable bonds is 3. The van der Waals surface area contributed by atoms with Gasteiger partial charge in [0.15, 0.2) is 0 Å². The maximum atomic E-state index is 11.2. The monoisotopic (exact) mass is 222 g/mol. The summed E-state index contributed by atoms with van der Waals surface area (Å²) in [7, 11) is 1.18. The Morgan fingerprint density at radius 1 is 1.36 bits per heavy atom. The Hall–Kier alpha value is -0.650. The van der Waals surface area contributed by atoms with E-state index in [2.05, 4.69) is 4.74 Å². The van der Waals surface area contributed by atoms with Crippen LogP contribution in [-0.4, -0.2) is 43.0 Å². The predicted molar refractivity (Wildman–Crippen MR) is 53.1 cm³/mol. The van der Waals surface area contributed by atoms with Crippen LogP contribution in [0.5, 0.6) is 0 Å². The van der Waals surface area contributed by atoms with E-state index in [1.807, 2.05) is 0 Å². The van der Waals surface area contributed by atoms with Crippen LogP contribution >= 0.6 is 12.4 Å². The Labute approximate surface area is 89.0 Å². The molecule has 0 saturated carbocycles. The Balaban J connectivity index is 0.00000169. The highest BCUT2D eigenvalue weighted by atomic mass is 35.5. The number of ketones is 1. The van der Waals surface area contributed by atoms with E-state index in [1.54, 1.807) is 4.90 Å². The normalized spacial score (nSPS) is 18.4. The zero-order chi connectivity index (χ0) is 9.84. The van der Waals surface area contributed by atoms with Gasteiger partial charge in [-0.05, 0) is 12.8 Å². The van der Waals surface area contributed by atoms with Gasteiger partial charge in [-0.1, -0.05) is 0 Å². The summed E-state index contributed by atoms with van der Waals surface area (Å²) >= 11 is 0. The van der Waals surface area contributed by atoms with Crippen molar-refractivity contribution in [2.24, 2.45) is 5.73 Å². The van der Waals surface area contributed by atoms with E-state index in [0.717, 1.165) is 25.9 Å². The highest BCUT2D eigenvalue weighted by Crippen LogP contribution is 2.09. The molecule has 2 N–H and O–H groups in total. The molecule has 6 heteroatoms. The second-order valence-corrected chi connectivity index (χ2v) is 3.04. The van der Waals surface area contributed by atoms with Crippen molar-refractivity contribution >= 4 is 24.2 Å². The molecule has 0 aromatic rings. The molecule has 1 rings (SSSR count). The van der Waals surface area contributed by atoms with Gasteiger partial charge in [0.2, 0.25) is 0 Å². The zero-order valence-corrected chi connectivity index (χ0v) is 8.88. The first-order chi connectivity index (χ1) is 6.16. The second kappa shape index (κ2) is 5.95. The molecule has 0 unspecified atom stereocenters. The van der Waals surface area contributed by atoms with Crippen molar-refractivity contribution < 1.29 is 14.3 Å². The average molecular weight is 223 g/mol. The van der Waals surface area contributed by atoms with E-state index in [9.17, 15) is 9.59 Å². The molecular weight excluding hydrogens is 208 g/mol. The number of carbonyl (C=O) groups excluding carboxylic acids is 2. The molecule has 1 fully saturated rings. The van der Waals surface area contributed by atoms with E-state index in [4.69, 9.17) is 5.73 Å². The van der Waals surface area contributed by atoms with Gasteiger partial charge in [0.05, 0.1) is 7.11 Å². The van der Waals surface area contributed by atoms with Gasteiger partial charge in [-0.25, -0.2) is 4.79 Å². The number of nitrogens with zero attached hydrogens (tertiary/aromatic N) is 1. The molecule has 1 atom stereocenters. The Kier molecular flexibility index (Phi) is 5.68. The first-order valence-corrected chi connectivity index (χ1v) is 4.28. The lowest BCUT2D eigenvalue weighted by molar-refractivity contribution is -0.153. The van der Waals surface area contributed by atoms with Crippen molar-refractivity contribution in [2.75, 3.05) is 20.2 Å². The highest BCUT2D eigenvalue weighted by Gasteiger charge is 2.29. The van der Waals surface area contributed by atoms with Crippen molar-refractivity contribution in [3.63, 3.8) is 0 Å². The maximum absolute atomic E-state index is 11.2. The topological polar surface area (TPSA) is 72.6 Å². The number of likely N-dealkylation sites (tertiary alicyclic amines) is 1. The fourth-order valence-corrected chi connectivity index (χ4v) is 1.41. The molecule has 0 aromatic heterocycles. The summed E-state index contributed by atoms with van der Waals surface area (Å²) in [6.07, 6.45) is 1.24. The van der Waals surface area contributed by atoms with Crippen LogP contribution in [0.1, 0.15) is 12.8 Å². The summed E-state index contributed by atoms with van der Waals surface area (Å²) in [6.45, 7) is 1.56. The Bertz CT molecular complexity index is 217. The minimum atomic E-state index is -0.862. The molecule has 0 spiro atoms. The van der Waals surface area contributed by atoms with Crippen LogP contribution in [0.3, 0.4) is 0 Å². The van der Waals surface area contributed by atoms with E-state index < -0.39 is 17.9 Å². The molecule has 1 saturated heterocycles. The number of halogens is 1. The number of Topliss-reactive ketones (excluding diaryl/α,β-unsaturated/α-hetero) is 1. The first kappa shape index (κ1) is 13.4. The van der Waals surface area contributed by atoms with Crippen LogP contribution in [0.25, 0.3) is 0 Å². The van der Waals surface area contributed by atoms with Crippen molar-refractivity contribution in [3.05, 3.63) is 0 Å². The molecule has 0 bridgehead atoms. The molecule has 82 valence electrons. The molecule has 0 amide bonds. The quantitative estimate of drug-likeness (QED) is 0.516. The van der Waals surface area contributed by atoms with Crippen LogP contribution in [-0.2, 0) is 14.3 Å². The molecule has 1 aliphatic rings. The zero-order valence-electron chi connectivity index (χ0n) is 8.06. The first-order valence-electron chi connectivity index (χ1n) is 4.28. The summed E-state index contributed by atoms with van der Waals surface area (Å²) in [6, 6.07) is 0. The summed E-state index contributed by atoms with van der Waals surface area (Å²) in [5.41, 5.74) is 5.57. The maximum Gasteiger partial charge on any atom is 0.377 e. The number of esters is 1. The summed E-state index contributed by atoms with van der Waals surface area (Å²) in [5.74, 6) is -1.52. The van der Waals surface area contributed by atoms with Gasteiger partial charge in [0, 0.05) is 13.1 Å². The van der Waals surface area contributed by atoms with E-state index in [1.165, 1.54) is 7.11 Å². The van der Waals surface area contributed by atoms with Crippen molar-refractivity contribution in [2.45, 2.75) is 19.0 Å². The molecule has 14 heavy (non-hydrogen) atoms. The lowest BCUT2D eigenvalue weighted by atomic mass is 10.3. The summed E-state index contributed by atoms with van der Waals surface area (Å²) in [4.78, 5) is 23.8. The minimum Gasteiger partial charge on any atom is -0.463 e. The molecule has 5 nitrogen and oxygen atoms in total. The highest BCUT2D eigenvalue weighted by molar-refractivity contribution is 6.35. The lowest BCUT2D eigenvalue weighted by Gasteiger charge is -2.20. The standard InChI is InChI=1S/C8H14N2O3.ClH/c1-13-8(12)6(11)7(9)10-4-2-3-5-10;/h7H,2-5,9H2,1H3;1H/t7-;/m0./s1. The van der Waals surface area contributed by atoms with Gasteiger partial charge in [0.1, 0.15) is 6.17 Å². The second-order valence-electron chi connectivity index (χ2n) is 3.04. The minimum absolute atomic E-state index is 0. The smallest absolute Gasteiger partial charge is 0.377 e. The van der Waals surface area contributed by atoms with Gasteiger partial charge in [-0.15, -0.1) is 12.4 Å². The molecule has 0 radical (unpaired) electrons. The lowest BCUT2D eigenvalue weighted by Crippen LogP contribution is -2.49. The number of nitrogens with two attached hydrogens (primary N) is 1. The largest absolute Gasteiger partial charge is 0.463 e.